The van der Waals surface area contributed by atoms with E-state index < -0.39 is 17.5 Å². The minimum absolute atomic E-state index is 0.0310. The second-order valence-corrected chi connectivity index (χ2v) is 4.29. The van der Waals surface area contributed by atoms with Crippen molar-refractivity contribution in [3.05, 3.63) is 59.4 Å². The van der Waals surface area contributed by atoms with Gasteiger partial charge in [0, 0.05) is 10.9 Å². The van der Waals surface area contributed by atoms with E-state index in [2.05, 4.69) is 4.98 Å². The van der Waals surface area contributed by atoms with Crippen LogP contribution >= 0.6 is 0 Å². The maximum Gasteiger partial charge on any atom is 0.152 e. The molecule has 0 aliphatic heterocycles. The van der Waals surface area contributed by atoms with Crippen molar-refractivity contribution < 1.29 is 18.0 Å². The number of hydrogen-bond donors (Lipinski definition) is 1. The Morgan fingerprint density at radius 3 is 2.15 bits per heavy atom. The standard InChI is InChI=1S/C15H8F3NO/c16-10-4-2-5-11(17)13(10)15-9(7-20)8-3-1-6-12(18)14(8)19-15/h1-7,19H. The van der Waals surface area contributed by atoms with Crippen LogP contribution in [-0.2, 0) is 0 Å². The molecule has 0 saturated carbocycles. The number of nitrogens with one attached hydrogen (secondary N) is 1. The van der Waals surface area contributed by atoms with Gasteiger partial charge in [-0.3, -0.25) is 4.79 Å². The number of aldehydes is 1. The third-order valence-corrected chi connectivity index (χ3v) is 3.15. The monoisotopic (exact) mass is 275 g/mol. The van der Waals surface area contributed by atoms with Gasteiger partial charge in [-0.2, -0.15) is 0 Å². The molecule has 2 aromatic carbocycles. The van der Waals surface area contributed by atoms with Crippen molar-refractivity contribution >= 4 is 17.2 Å². The molecule has 0 aliphatic rings. The van der Waals surface area contributed by atoms with Gasteiger partial charge in [0.25, 0.3) is 0 Å². The van der Waals surface area contributed by atoms with Gasteiger partial charge in [0.1, 0.15) is 17.5 Å². The molecule has 0 spiro atoms. The van der Waals surface area contributed by atoms with Crippen LogP contribution in [0.1, 0.15) is 10.4 Å². The van der Waals surface area contributed by atoms with Gasteiger partial charge in [-0.25, -0.2) is 13.2 Å². The van der Waals surface area contributed by atoms with Gasteiger partial charge in [-0.1, -0.05) is 18.2 Å². The summed E-state index contributed by atoms with van der Waals surface area (Å²) in [6.07, 6.45) is 0.458. The highest BCUT2D eigenvalue weighted by molar-refractivity contribution is 6.04. The van der Waals surface area contributed by atoms with Gasteiger partial charge in [0.05, 0.1) is 16.8 Å². The predicted octanol–water partition coefficient (Wildman–Crippen LogP) is 4.06. The Hall–Kier alpha value is -2.56. The summed E-state index contributed by atoms with van der Waals surface area (Å²) < 4.78 is 41.3. The van der Waals surface area contributed by atoms with Crippen LogP contribution in [0.2, 0.25) is 0 Å². The number of aromatic amines is 1. The molecule has 0 unspecified atom stereocenters. The number of para-hydroxylation sites is 1. The fourth-order valence-electron chi connectivity index (χ4n) is 2.26. The molecule has 1 aromatic heterocycles. The van der Waals surface area contributed by atoms with Gasteiger partial charge in [0.15, 0.2) is 6.29 Å². The molecule has 0 bridgehead atoms. The van der Waals surface area contributed by atoms with E-state index in [4.69, 9.17) is 0 Å². The van der Waals surface area contributed by atoms with E-state index in [0.717, 1.165) is 12.1 Å². The van der Waals surface area contributed by atoms with E-state index in [9.17, 15) is 18.0 Å². The lowest BCUT2D eigenvalue weighted by molar-refractivity contribution is 0.112. The fourth-order valence-corrected chi connectivity index (χ4v) is 2.26. The summed E-state index contributed by atoms with van der Waals surface area (Å²) in [6, 6.07) is 7.53. The van der Waals surface area contributed by atoms with Crippen LogP contribution in [0, 0.1) is 17.5 Å². The molecule has 1 N–H and O–H groups in total. The zero-order chi connectivity index (χ0) is 14.3. The van der Waals surface area contributed by atoms with Crippen molar-refractivity contribution in [1.29, 1.82) is 0 Å². The largest absolute Gasteiger partial charge is 0.351 e. The van der Waals surface area contributed by atoms with E-state index in [1.807, 2.05) is 0 Å². The summed E-state index contributed by atoms with van der Waals surface area (Å²) in [5, 5.41) is 0.289. The smallest absolute Gasteiger partial charge is 0.152 e. The van der Waals surface area contributed by atoms with Crippen molar-refractivity contribution in [3.8, 4) is 11.3 Å². The first-order valence-electron chi connectivity index (χ1n) is 5.83. The maximum atomic E-state index is 13.8. The molecule has 2 nitrogen and oxygen atoms in total. The van der Waals surface area contributed by atoms with Crippen LogP contribution in [0.3, 0.4) is 0 Å². The summed E-state index contributed by atoms with van der Waals surface area (Å²) in [7, 11) is 0. The maximum absolute atomic E-state index is 13.8. The third kappa shape index (κ3) is 1.71. The molecule has 100 valence electrons. The van der Waals surface area contributed by atoms with Crippen molar-refractivity contribution in [2.75, 3.05) is 0 Å². The quantitative estimate of drug-likeness (QED) is 0.703. The number of benzene rings is 2. The Morgan fingerprint density at radius 1 is 0.900 bits per heavy atom. The fraction of sp³-hybridized carbons (Fsp3) is 0. The molecular formula is C15H8F3NO. The number of halogens is 3. The number of fused-ring (bicyclic) bond motifs is 1. The van der Waals surface area contributed by atoms with Crippen LogP contribution in [0.25, 0.3) is 22.2 Å². The molecular weight excluding hydrogens is 267 g/mol. The van der Waals surface area contributed by atoms with E-state index in [1.54, 1.807) is 0 Å². The van der Waals surface area contributed by atoms with Crippen molar-refractivity contribution in [1.82, 2.24) is 4.98 Å². The molecule has 0 amide bonds. The van der Waals surface area contributed by atoms with Crippen LogP contribution in [-0.4, -0.2) is 11.3 Å². The minimum atomic E-state index is -0.819. The highest BCUT2D eigenvalue weighted by Crippen LogP contribution is 2.33. The zero-order valence-corrected chi connectivity index (χ0v) is 10.1. The number of H-pyrrole nitrogens is 1. The Bertz CT molecular complexity index is 803. The van der Waals surface area contributed by atoms with E-state index in [1.165, 1.54) is 24.3 Å². The number of hydrogen-bond acceptors (Lipinski definition) is 1. The van der Waals surface area contributed by atoms with E-state index in [-0.39, 0.29) is 27.7 Å². The molecule has 0 fully saturated rings. The minimum Gasteiger partial charge on any atom is -0.351 e. The number of carbonyl (C=O) groups is 1. The first-order chi connectivity index (χ1) is 9.63. The number of carbonyl (C=O) groups excluding carboxylic acids is 1. The lowest BCUT2D eigenvalue weighted by Gasteiger charge is -2.03. The van der Waals surface area contributed by atoms with Gasteiger partial charge in [-0.05, 0) is 18.2 Å². The second-order valence-electron chi connectivity index (χ2n) is 4.29. The van der Waals surface area contributed by atoms with Gasteiger partial charge in [-0.15, -0.1) is 0 Å². The first kappa shape index (κ1) is 12.5. The van der Waals surface area contributed by atoms with Crippen LogP contribution < -0.4 is 0 Å². The summed E-state index contributed by atoms with van der Waals surface area (Å²) >= 11 is 0. The lowest BCUT2D eigenvalue weighted by atomic mass is 10.1. The Balaban J connectivity index is 2.43. The Labute approximate surface area is 111 Å². The molecule has 0 saturated heterocycles. The van der Waals surface area contributed by atoms with Gasteiger partial charge >= 0.3 is 0 Å². The molecule has 3 aromatic rings. The number of aromatic nitrogens is 1. The summed E-state index contributed by atoms with van der Waals surface area (Å²) in [6.45, 7) is 0. The molecule has 3 rings (SSSR count). The van der Waals surface area contributed by atoms with Crippen LogP contribution in [0.4, 0.5) is 13.2 Å². The lowest BCUT2D eigenvalue weighted by Crippen LogP contribution is -1.93. The van der Waals surface area contributed by atoms with Crippen LogP contribution in [0.15, 0.2) is 36.4 Å². The summed E-state index contributed by atoms with van der Waals surface area (Å²) in [4.78, 5) is 13.8. The zero-order valence-electron chi connectivity index (χ0n) is 10.1. The van der Waals surface area contributed by atoms with Crippen molar-refractivity contribution in [2.45, 2.75) is 0 Å². The first-order valence-corrected chi connectivity index (χ1v) is 5.83. The molecule has 0 aliphatic carbocycles. The topological polar surface area (TPSA) is 32.9 Å². The average molecular weight is 275 g/mol. The molecule has 0 atom stereocenters. The molecule has 1 heterocycles. The predicted molar refractivity (Wildman–Crippen MR) is 69.0 cm³/mol. The Kier molecular flexibility index (Phi) is 2.82. The highest BCUT2D eigenvalue weighted by Gasteiger charge is 2.20. The van der Waals surface area contributed by atoms with Crippen molar-refractivity contribution in [3.63, 3.8) is 0 Å². The van der Waals surface area contributed by atoms with Crippen LogP contribution in [0.5, 0.6) is 0 Å². The number of rotatable bonds is 2. The van der Waals surface area contributed by atoms with E-state index >= 15 is 0 Å². The second kappa shape index (κ2) is 4.52. The SMILES string of the molecule is O=Cc1c(-c2c(F)cccc2F)[nH]c2c(F)cccc12. The van der Waals surface area contributed by atoms with Gasteiger partial charge in [0.2, 0.25) is 0 Å². The van der Waals surface area contributed by atoms with E-state index in [0.29, 0.717) is 6.29 Å². The third-order valence-electron chi connectivity index (χ3n) is 3.15. The highest BCUT2D eigenvalue weighted by atomic mass is 19.1. The summed E-state index contributed by atoms with van der Waals surface area (Å²) in [5.41, 5.74) is -0.350. The van der Waals surface area contributed by atoms with Crippen molar-refractivity contribution in [2.24, 2.45) is 0 Å². The average Bonchev–Trinajstić information content (AvgIpc) is 2.78. The molecule has 20 heavy (non-hydrogen) atoms. The molecule has 0 radical (unpaired) electrons. The Morgan fingerprint density at radius 2 is 1.50 bits per heavy atom. The van der Waals surface area contributed by atoms with Gasteiger partial charge < -0.3 is 4.98 Å². The normalized spacial score (nSPS) is 10.9. The summed E-state index contributed by atoms with van der Waals surface area (Å²) in [5.74, 6) is -2.23. The molecule has 5 heteroatoms.